The minimum Gasteiger partial charge on any atom is -0.491 e. The summed E-state index contributed by atoms with van der Waals surface area (Å²) in [6, 6.07) is 8.17. The molecular formula is C21H34IN3O3. The number of halogens is 1. The van der Waals surface area contributed by atoms with Crippen LogP contribution in [0.4, 0.5) is 0 Å². The number of nitrogens with zero attached hydrogens (tertiary/aromatic N) is 2. The third kappa shape index (κ3) is 7.14. The molecule has 1 aliphatic heterocycles. The molecule has 0 atom stereocenters. The van der Waals surface area contributed by atoms with Crippen molar-refractivity contribution in [3.8, 4) is 5.75 Å². The van der Waals surface area contributed by atoms with Crippen LogP contribution in [0, 0.1) is 5.92 Å². The lowest BCUT2D eigenvalue weighted by atomic mass is 9.97. The van der Waals surface area contributed by atoms with E-state index in [4.69, 9.17) is 14.5 Å². The van der Waals surface area contributed by atoms with Crippen LogP contribution in [-0.4, -0.2) is 56.7 Å². The molecule has 7 heteroatoms. The van der Waals surface area contributed by atoms with Crippen molar-refractivity contribution in [2.24, 2.45) is 10.9 Å². The van der Waals surface area contributed by atoms with Crippen molar-refractivity contribution >= 4 is 35.9 Å². The van der Waals surface area contributed by atoms with E-state index in [-0.39, 0.29) is 35.9 Å². The molecule has 1 aromatic carbocycles. The monoisotopic (exact) mass is 503 g/mol. The molecular weight excluding hydrogens is 469 g/mol. The number of hydrogen-bond acceptors (Lipinski definition) is 4. The largest absolute Gasteiger partial charge is 0.491 e. The van der Waals surface area contributed by atoms with Crippen LogP contribution in [0.5, 0.6) is 5.75 Å². The van der Waals surface area contributed by atoms with Gasteiger partial charge in [0.15, 0.2) is 5.96 Å². The summed E-state index contributed by atoms with van der Waals surface area (Å²) >= 11 is 0. The minimum atomic E-state index is -0.103. The average molecular weight is 503 g/mol. The Bertz CT molecular complexity index is 629. The van der Waals surface area contributed by atoms with Gasteiger partial charge in [-0.2, -0.15) is 0 Å². The Labute approximate surface area is 186 Å². The lowest BCUT2D eigenvalue weighted by Gasteiger charge is -2.33. The molecule has 0 aromatic heterocycles. The lowest BCUT2D eigenvalue weighted by molar-refractivity contribution is -0.146. The third-order valence-corrected chi connectivity index (χ3v) is 4.82. The van der Waals surface area contributed by atoms with Gasteiger partial charge in [-0.25, -0.2) is 4.99 Å². The highest BCUT2D eigenvalue weighted by atomic mass is 127. The van der Waals surface area contributed by atoms with Crippen molar-refractivity contribution in [3.63, 3.8) is 0 Å². The number of nitrogens with one attached hydrogen (secondary N) is 1. The van der Waals surface area contributed by atoms with Crippen molar-refractivity contribution in [3.05, 3.63) is 29.8 Å². The van der Waals surface area contributed by atoms with Crippen molar-refractivity contribution in [2.45, 2.75) is 39.5 Å². The van der Waals surface area contributed by atoms with Gasteiger partial charge in [-0.1, -0.05) is 32.0 Å². The standard InChI is InChI=1S/C21H33N3O3.HI/c1-5-22-21(24-13-10-17(11-14-24)20(25)26-4)23-12-15-27-19-9-7-6-8-18(19)16(2)3;/h6-9,16-17H,5,10-15H2,1-4H3,(H,22,23);1H. The Kier molecular flexibility index (Phi) is 11.3. The summed E-state index contributed by atoms with van der Waals surface area (Å²) in [5.74, 6) is 2.16. The highest BCUT2D eigenvalue weighted by molar-refractivity contribution is 14.0. The lowest BCUT2D eigenvalue weighted by Crippen LogP contribution is -2.46. The quantitative estimate of drug-likeness (QED) is 0.202. The Morgan fingerprint density at radius 1 is 1.29 bits per heavy atom. The van der Waals surface area contributed by atoms with Gasteiger partial charge in [0.2, 0.25) is 0 Å². The summed E-state index contributed by atoms with van der Waals surface area (Å²) in [6.45, 7) is 9.95. The normalized spacial score (nSPS) is 15.2. The van der Waals surface area contributed by atoms with E-state index < -0.39 is 0 Å². The number of carbonyl (C=O) groups is 1. The fourth-order valence-corrected chi connectivity index (χ4v) is 3.32. The van der Waals surface area contributed by atoms with Crippen molar-refractivity contribution in [1.82, 2.24) is 10.2 Å². The second-order valence-electron chi connectivity index (χ2n) is 7.06. The molecule has 158 valence electrons. The van der Waals surface area contributed by atoms with Gasteiger partial charge in [0, 0.05) is 19.6 Å². The molecule has 0 spiro atoms. The number of likely N-dealkylation sites (tertiary alicyclic amines) is 1. The highest BCUT2D eigenvalue weighted by Gasteiger charge is 2.26. The van der Waals surface area contributed by atoms with Crippen LogP contribution in [0.15, 0.2) is 29.3 Å². The third-order valence-electron chi connectivity index (χ3n) is 4.82. The smallest absolute Gasteiger partial charge is 0.308 e. The molecule has 0 amide bonds. The number of methoxy groups -OCH3 is 1. The maximum absolute atomic E-state index is 11.7. The zero-order valence-corrected chi connectivity index (χ0v) is 19.8. The van der Waals surface area contributed by atoms with Crippen molar-refractivity contribution in [2.75, 3.05) is 39.9 Å². The molecule has 1 saturated heterocycles. The summed E-state index contributed by atoms with van der Waals surface area (Å²) < 4.78 is 10.8. The fourth-order valence-electron chi connectivity index (χ4n) is 3.32. The van der Waals surface area contributed by atoms with E-state index in [0.717, 1.165) is 44.2 Å². The van der Waals surface area contributed by atoms with Gasteiger partial charge in [-0.15, -0.1) is 24.0 Å². The SMILES string of the molecule is CCNC(=NCCOc1ccccc1C(C)C)N1CCC(C(=O)OC)CC1.I. The number of guanidine groups is 1. The number of esters is 1. The minimum absolute atomic E-state index is 0. The zero-order chi connectivity index (χ0) is 19.6. The van der Waals surface area contributed by atoms with Crippen LogP contribution in [0.1, 0.15) is 45.1 Å². The van der Waals surface area contributed by atoms with Gasteiger partial charge in [-0.05, 0) is 37.3 Å². The van der Waals surface area contributed by atoms with Crippen molar-refractivity contribution < 1.29 is 14.3 Å². The van der Waals surface area contributed by atoms with Gasteiger partial charge in [0.25, 0.3) is 0 Å². The first-order valence-electron chi connectivity index (χ1n) is 9.89. The number of rotatable bonds is 7. The van der Waals surface area contributed by atoms with E-state index >= 15 is 0 Å². The van der Waals surface area contributed by atoms with Gasteiger partial charge in [0.1, 0.15) is 12.4 Å². The Morgan fingerprint density at radius 2 is 1.96 bits per heavy atom. The van der Waals surface area contributed by atoms with E-state index in [1.54, 1.807) is 0 Å². The zero-order valence-electron chi connectivity index (χ0n) is 17.4. The number of aliphatic imine (C=N–C) groups is 1. The molecule has 28 heavy (non-hydrogen) atoms. The number of ether oxygens (including phenoxy) is 2. The van der Waals surface area contributed by atoms with Gasteiger partial charge >= 0.3 is 5.97 Å². The van der Waals surface area contributed by atoms with Gasteiger partial charge in [-0.3, -0.25) is 4.79 Å². The van der Waals surface area contributed by atoms with E-state index in [1.165, 1.54) is 12.7 Å². The molecule has 0 bridgehead atoms. The molecule has 2 rings (SSSR count). The summed E-state index contributed by atoms with van der Waals surface area (Å²) in [7, 11) is 1.46. The first kappa shape index (κ1) is 24.5. The summed E-state index contributed by atoms with van der Waals surface area (Å²) in [5, 5.41) is 3.34. The summed E-state index contributed by atoms with van der Waals surface area (Å²) in [6.07, 6.45) is 1.60. The fraction of sp³-hybridized carbons (Fsp3) is 0.619. The average Bonchev–Trinajstić information content (AvgIpc) is 2.70. The number of piperidine rings is 1. The van der Waals surface area contributed by atoms with Crippen LogP contribution in [-0.2, 0) is 9.53 Å². The van der Waals surface area contributed by atoms with E-state index in [9.17, 15) is 4.79 Å². The molecule has 1 fully saturated rings. The predicted molar refractivity (Wildman–Crippen MR) is 124 cm³/mol. The molecule has 1 aliphatic rings. The summed E-state index contributed by atoms with van der Waals surface area (Å²) in [4.78, 5) is 18.6. The van der Waals surface area contributed by atoms with Crippen molar-refractivity contribution in [1.29, 1.82) is 0 Å². The molecule has 0 saturated carbocycles. The number of benzene rings is 1. The predicted octanol–water partition coefficient (Wildman–Crippen LogP) is 3.66. The van der Waals surface area contributed by atoms with Gasteiger partial charge < -0.3 is 19.7 Å². The topological polar surface area (TPSA) is 63.2 Å². The highest BCUT2D eigenvalue weighted by Crippen LogP contribution is 2.25. The molecule has 0 aliphatic carbocycles. The molecule has 1 aromatic rings. The van der Waals surface area contributed by atoms with E-state index in [0.29, 0.717) is 19.1 Å². The van der Waals surface area contributed by atoms with Crippen LogP contribution in [0.2, 0.25) is 0 Å². The Morgan fingerprint density at radius 3 is 2.57 bits per heavy atom. The van der Waals surface area contributed by atoms with Crippen LogP contribution >= 0.6 is 24.0 Å². The Balaban J connectivity index is 0.00000392. The number of carbonyl (C=O) groups excluding carboxylic acids is 1. The summed E-state index contributed by atoms with van der Waals surface area (Å²) in [5.41, 5.74) is 1.22. The van der Waals surface area contributed by atoms with Crippen LogP contribution in [0.25, 0.3) is 0 Å². The molecule has 6 nitrogen and oxygen atoms in total. The Hall–Kier alpha value is -1.51. The number of para-hydroxylation sites is 1. The maximum atomic E-state index is 11.7. The molecule has 0 unspecified atom stereocenters. The van der Waals surface area contributed by atoms with E-state index in [2.05, 4.69) is 37.1 Å². The second-order valence-corrected chi connectivity index (χ2v) is 7.06. The van der Waals surface area contributed by atoms with Crippen LogP contribution < -0.4 is 10.1 Å². The first-order valence-corrected chi connectivity index (χ1v) is 9.89. The van der Waals surface area contributed by atoms with Crippen LogP contribution in [0.3, 0.4) is 0 Å². The number of hydrogen-bond donors (Lipinski definition) is 1. The molecule has 0 radical (unpaired) electrons. The maximum Gasteiger partial charge on any atom is 0.308 e. The van der Waals surface area contributed by atoms with E-state index in [1.807, 2.05) is 18.2 Å². The molecule has 1 heterocycles. The first-order chi connectivity index (χ1) is 13.1. The molecule has 1 N–H and O–H groups in total. The second kappa shape index (κ2) is 12.9. The van der Waals surface area contributed by atoms with Gasteiger partial charge in [0.05, 0.1) is 19.6 Å².